The minimum atomic E-state index is -0.818. The van der Waals surface area contributed by atoms with E-state index in [2.05, 4.69) is 17.2 Å². The minimum absolute atomic E-state index is 0.142. The first-order valence-corrected chi connectivity index (χ1v) is 7.92. The van der Waals surface area contributed by atoms with Crippen LogP contribution >= 0.6 is 0 Å². The maximum atomic E-state index is 12.5. The second-order valence-electron chi connectivity index (χ2n) is 5.63. The summed E-state index contributed by atoms with van der Waals surface area (Å²) in [5.41, 5.74) is 0.733. The number of amides is 1. The van der Waals surface area contributed by atoms with Crippen LogP contribution in [0, 0.1) is 6.92 Å². The van der Waals surface area contributed by atoms with Crippen molar-refractivity contribution in [3.8, 4) is 5.88 Å². The molecule has 1 heterocycles. The molecule has 1 aromatic heterocycles. The number of aromatic nitrogens is 1. The highest BCUT2D eigenvalue weighted by atomic mass is 16.5. The van der Waals surface area contributed by atoms with E-state index >= 15 is 0 Å². The lowest BCUT2D eigenvalue weighted by molar-refractivity contribution is -0.136. The molecule has 0 aliphatic heterocycles. The summed E-state index contributed by atoms with van der Waals surface area (Å²) in [7, 11) is 1.58. The minimum Gasteiger partial charge on any atom is -0.478 e. The van der Waals surface area contributed by atoms with Crippen molar-refractivity contribution in [3.05, 3.63) is 17.8 Å². The number of ether oxygens (including phenoxy) is 2. The summed E-state index contributed by atoms with van der Waals surface area (Å²) in [6.07, 6.45) is 5.48. The molecular formula is C17H28N2O3. The maximum Gasteiger partial charge on any atom is 0.256 e. The van der Waals surface area contributed by atoms with Gasteiger partial charge in [0.15, 0.2) is 0 Å². The summed E-state index contributed by atoms with van der Waals surface area (Å²) in [4.78, 5) is 16.7. The molecule has 0 radical (unpaired) electrons. The zero-order valence-corrected chi connectivity index (χ0v) is 14.4. The second-order valence-corrected chi connectivity index (χ2v) is 5.63. The maximum absolute atomic E-state index is 12.5. The highest BCUT2D eigenvalue weighted by Gasteiger charge is 2.32. The SMILES string of the molecule is CCCCCC(C)(OC)C(=O)Nc1cnc(OCC)c(C)c1. The lowest BCUT2D eigenvalue weighted by atomic mass is 9.97. The summed E-state index contributed by atoms with van der Waals surface area (Å²) in [6, 6.07) is 1.86. The fourth-order valence-corrected chi connectivity index (χ4v) is 2.20. The van der Waals surface area contributed by atoms with Gasteiger partial charge in [0.2, 0.25) is 5.88 Å². The fraction of sp³-hybridized carbons (Fsp3) is 0.647. The van der Waals surface area contributed by atoms with Gasteiger partial charge in [-0.1, -0.05) is 26.2 Å². The van der Waals surface area contributed by atoms with Gasteiger partial charge < -0.3 is 14.8 Å². The predicted octanol–water partition coefficient (Wildman–Crippen LogP) is 3.71. The third-order valence-corrected chi connectivity index (χ3v) is 3.76. The number of carbonyl (C=O) groups is 1. The van der Waals surface area contributed by atoms with Crippen LogP contribution < -0.4 is 10.1 Å². The summed E-state index contributed by atoms with van der Waals surface area (Å²) in [6.45, 7) is 8.35. The Morgan fingerprint density at radius 1 is 1.36 bits per heavy atom. The van der Waals surface area contributed by atoms with Crippen molar-refractivity contribution in [1.29, 1.82) is 0 Å². The summed E-state index contributed by atoms with van der Waals surface area (Å²) < 4.78 is 10.9. The van der Waals surface area contributed by atoms with Crippen molar-refractivity contribution in [2.24, 2.45) is 0 Å². The molecule has 1 aromatic rings. The third-order valence-electron chi connectivity index (χ3n) is 3.76. The van der Waals surface area contributed by atoms with Crippen molar-refractivity contribution in [2.45, 2.75) is 59.0 Å². The number of methoxy groups -OCH3 is 1. The van der Waals surface area contributed by atoms with Gasteiger partial charge in [0.1, 0.15) is 5.60 Å². The van der Waals surface area contributed by atoms with Crippen LogP contribution in [-0.4, -0.2) is 30.2 Å². The number of carbonyl (C=O) groups excluding carboxylic acids is 1. The number of hydrogen-bond acceptors (Lipinski definition) is 4. The molecule has 1 N–H and O–H groups in total. The number of nitrogens with one attached hydrogen (secondary N) is 1. The van der Waals surface area contributed by atoms with Crippen molar-refractivity contribution in [1.82, 2.24) is 4.98 Å². The first kappa shape index (κ1) is 18.4. The highest BCUT2D eigenvalue weighted by molar-refractivity contribution is 5.97. The molecule has 1 atom stereocenters. The molecule has 0 fully saturated rings. The lowest BCUT2D eigenvalue weighted by Gasteiger charge is -2.27. The number of anilines is 1. The molecule has 124 valence electrons. The van der Waals surface area contributed by atoms with Crippen LogP contribution in [0.15, 0.2) is 12.3 Å². The molecule has 0 aliphatic rings. The van der Waals surface area contributed by atoms with Crippen molar-refractivity contribution >= 4 is 11.6 Å². The van der Waals surface area contributed by atoms with Crippen LogP contribution in [-0.2, 0) is 9.53 Å². The van der Waals surface area contributed by atoms with E-state index in [4.69, 9.17) is 9.47 Å². The van der Waals surface area contributed by atoms with Gasteiger partial charge in [-0.15, -0.1) is 0 Å². The van der Waals surface area contributed by atoms with Gasteiger partial charge in [-0.25, -0.2) is 4.98 Å². The Hall–Kier alpha value is -1.62. The number of unbranched alkanes of at least 4 members (excludes halogenated alkanes) is 2. The Labute approximate surface area is 133 Å². The topological polar surface area (TPSA) is 60.5 Å². The monoisotopic (exact) mass is 308 g/mol. The van der Waals surface area contributed by atoms with E-state index < -0.39 is 5.60 Å². The molecular weight excluding hydrogens is 280 g/mol. The van der Waals surface area contributed by atoms with E-state index in [1.165, 1.54) is 0 Å². The number of nitrogens with zero attached hydrogens (tertiary/aromatic N) is 1. The van der Waals surface area contributed by atoms with Crippen LogP contribution in [0.5, 0.6) is 5.88 Å². The Morgan fingerprint density at radius 2 is 2.09 bits per heavy atom. The molecule has 0 saturated carbocycles. The molecule has 22 heavy (non-hydrogen) atoms. The molecule has 1 unspecified atom stereocenters. The van der Waals surface area contributed by atoms with E-state index in [-0.39, 0.29) is 5.91 Å². The number of rotatable bonds is 9. The van der Waals surface area contributed by atoms with E-state index in [9.17, 15) is 4.79 Å². The Kier molecular flexibility index (Phi) is 7.32. The van der Waals surface area contributed by atoms with Gasteiger partial charge >= 0.3 is 0 Å². The molecule has 0 spiro atoms. The molecule has 5 heteroatoms. The normalized spacial score (nSPS) is 13.5. The number of hydrogen-bond donors (Lipinski definition) is 1. The number of aryl methyl sites for hydroxylation is 1. The molecule has 0 saturated heterocycles. The average Bonchev–Trinajstić information content (AvgIpc) is 2.50. The van der Waals surface area contributed by atoms with E-state index in [1.807, 2.05) is 26.8 Å². The third kappa shape index (κ3) is 4.98. The van der Waals surface area contributed by atoms with Gasteiger partial charge in [-0.05, 0) is 33.3 Å². The first-order chi connectivity index (χ1) is 10.5. The van der Waals surface area contributed by atoms with Crippen LogP contribution in [0.2, 0.25) is 0 Å². The van der Waals surface area contributed by atoms with Crippen molar-refractivity contribution in [2.75, 3.05) is 19.0 Å². The van der Waals surface area contributed by atoms with Crippen LogP contribution in [0.25, 0.3) is 0 Å². The van der Waals surface area contributed by atoms with Gasteiger partial charge in [-0.2, -0.15) is 0 Å². The predicted molar refractivity (Wildman–Crippen MR) is 88.3 cm³/mol. The van der Waals surface area contributed by atoms with Crippen LogP contribution in [0.4, 0.5) is 5.69 Å². The molecule has 0 aliphatic carbocycles. The molecule has 5 nitrogen and oxygen atoms in total. The fourth-order valence-electron chi connectivity index (χ4n) is 2.20. The van der Waals surface area contributed by atoms with E-state index in [1.54, 1.807) is 13.3 Å². The largest absolute Gasteiger partial charge is 0.478 e. The smallest absolute Gasteiger partial charge is 0.256 e. The molecule has 0 aromatic carbocycles. The van der Waals surface area contributed by atoms with Crippen LogP contribution in [0.1, 0.15) is 52.0 Å². The lowest BCUT2D eigenvalue weighted by Crippen LogP contribution is -2.42. The van der Waals surface area contributed by atoms with Crippen molar-refractivity contribution < 1.29 is 14.3 Å². The first-order valence-electron chi connectivity index (χ1n) is 7.92. The second kappa shape index (κ2) is 8.73. The van der Waals surface area contributed by atoms with Gasteiger partial charge in [0.25, 0.3) is 5.91 Å². The average molecular weight is 308 g/mol. The Bertz CT molecular complexity index is 491. The highest BCUT2D eigenvalue weighted by Crippen LogP contribution is 2.23. The molecule has 1 rings (SSSR count). The Morgan fingerprint density at radius 3 is 2.64 bits per heavy atom. The zero-order chi connectivity index (χ0) is 16.6. The van der Waals surface area contributed by atoms with Crippen molar-refractivity contribution in [3.63, 3.8) is 0 Å². The van der Waals surface area contributed by atoms with E-state index in [0.29, 0.717) is 24.6 Å². The van der Waals surface area contributed by atoms with Crippen LogP contribution in [0.3, 0.4) is 0 Å². The summed E-state index contributed by atoms with van der Waals surface area (Å²) >= 11 is 0. The molecule has 0 bridgehead atoms. The number of pyridine rings is 1. The van der Waals surface area contributed by atoms with Gasteiger partial charge in [0.05, 0.1) is 18.5 Å². The quantitative estimate of drug-likeness (QED) is 0.706. The molecule has 1 amide bonds. The zero-order valence-electron chi connectivity index (χ0n) is 14.4. The van der Waals surface area contributed by atoms with E-state index in [0.717, 1.165) is 24.8 Å². The van der Waals surface area contributed by atoms with Gasteiger partial charge in [-0.3, -0.25) is 4.79 Å². The van der Waals surface area contributed by atoms with Gasteiger partial charge in [0, 0.05) is 12.7 Å². The summed E-state index contributed by atoms with van der Waals surface area (Å²) in [5, 5.41) is 2.89. The summed E-state index contributed by atoms with van der Waals surface area (Å²) in [5.74, 6) is 0.453. The standard InChI is InChI=1S/C17H28N2O3/c1-6-8-9-10-17(4,21-5)16(20)19-14-11-13(3)15(18-12-14)22-7-2/h11-12H,6-10H2,1-5H3,(H,19,20). The Balaban J connectivity index is 2.75.